The monoisotopic (exact) mass is 538 g/mol. The third-order valence-corrected chi connectivity index (χ3v) is 7.74. The minimum Gasteiger partial charge on any atom is -0.496 e. The number of hydrogen-bond donors (Lipinski definition) is 0. The molecule has 0 atom stereocenters. The van der Waals surface area contributed by atoms with Crippen LogP contribution in [0, 0.1) is 27.7 Å². The van der Waals surface area contributed by atoms with E-state index in [2.05, 4.69) is 43.0 Å². The van der Waals surface area contributed by atoms with Crippen LogP contribution in [0.15, 0.2) is 66.7 Å². The van der Waals surface area contributed by atoms with Crippen molar-refractivity contribution in [2.24, 2.45) is 0 Å². The first-order valence-electron chi connectivity index (χ1n) is 13.8. The average molecular weight is 539 g/mol. The maximum atomic E-state index is 13.5. The standard InChI is InChI=1S/C33H38N4O3/c1-23-11-12-24(2)32(19-23)40-22-28-20-27(13-14-31(28)39-5)33(38)36-17-15-35(16-18-36)21-30-25(3)34-37(26(30)4)29-9-7-6-8-10-29/h6-14,19-20H,15-18,21-22H2,1-5H3. The quantitative estimate of drug-likeness (QED) is 0.290. The van der Waals surface area contributed by atoms with Gasteiger partial charge in [-0.3, -0.25) is 9.69 Å². The zero-order valence-corrected chi connectivity index (χ0v) is 24.1. The number of para-hydroxylation sites is 1. The zero-order chi connectivity index (χ0) is 28.2. The molecule has 40 heavy (non-hydrogen) atoms. The number of nitrogens with zero attached hydrogens (tertiary/aromatic N) is 4. The van der Waals surface area contributed by atoms with Crippen molar-refractivity contribution in [2.75, 3.05) is 33.3 Å². The number of carbonyl (C=O) groups is 1. The molecule has 0 bridgehead atoms. The minimum absolute atomic E-state index is 0.0412. The first-order chi connectivity index (χ1) is 19.3. The number of amides is 1. The molecular weight excluding hydrogens is 500 g/mol. The predicted molar refractivity (Wildman–Crippen MR) is 157 cm³/mol. The van der Waals surface area contributed by atoms with Gasteiger partial charge in [0.25, 0.3) is 5.91 Å². The van der Waals surface area contributed by atoms with Crippen LogP contribution in [0.5, 0.6) is 11.5 Å². The molecule has 1 fully saturated rings. The molecule has 0 saturated carbocycles. The molecule has 0 N–H and O–H groups in total. The number of aromatic nitrogens is 2. The van der Waals surface area contributed by atoms with Gasteiger partial charge < -0.3 is 14.4 Å². The van der Waals surface area contributed by atoms with Crippen LogP contribution in [0.4, 0.5) is 0 Å². The highest BCUT2D eigenvalue weighted by Crippen LogP contribution is 2.26. The number of piperazine rings is 1. The Balaban J connectivity index is 1.22. The van der Waals surface area contributed by atoms with Gasteiger partial charge in [0, 0.05) is 55.1 Å². The number of rotatable bonds is 8. The molecule has 1 aliphatic heterocycles. The Morgan fingerprint density at radius 2 is 1.62 bits per heavy atom. The highest BCUT2D eigenvalue weighted by Gasteiger charge is 2.25. The molecule has 1 aromatic heterocycles. The lowest BCUT2D eigenvalue weighted by Crippen LogP contribution is -2.48. The second-order valence-electron chi connectivity index (χ2n) is 10.5. The second-order valence-corrected chi connectivity index (χ2v) is 10.5. The molecule has 1 amide bonds. The van der Waals surface area contributed by atoms with Gasteiger partial charge in [-0.25, -0.2) is 4.68 Å². The van der Waals surface area contributed by atoms with E-state index in [4.69, 9.17) is 14.6 Å². The first kappa shape index (κ1) is 27.5. The number of carbonyl (C=O) groups excluding carboxylic acids is 1. The fraction of sp³-hybridized carbons (Fsp3) is 0.333. The van der Waals surface area contributed by atoms with Gasteiger partial charge in [-0.15, -0.1) is 0 Å². The molecule has 1 saturated heterocycles. The zero-order valence-electron chi connectivity index (χ0n) is 24.1. The summed E-state index contributed by atoms with van der Waals surface area (Å²) < 4.78 is 13.7. The number of hydrogen-bond acceptors (Lipinski definition) is 5. The van der Waals surface area contributed by atoms with Crippen molar-refractivity contribution in [2.45, 2.75) is 40.8 Å². The maximum Gasteiger partial charge on any atom is 0.253 e. The largest absolute Gasteiger partial charge is 0.496 e. The minimum atomic E-state index is 0.0412. The fourth-order valence-corrected chi connectivity index (χ4v) is 5.28. The molecular formula is C33H38N4O3. The summed E-state index contributed by atoms with van der Waals surface area (Å²) >= 11 is 0. The van der Waals surface area contributed by atoms with Crippen LogP contribution < -0.4 is 9.47 Å². The summed E-state index contributed by atoms with van der Waals surface area (Å²) in [6, 6.07) is 22.0. The number of benzene rings is 3. The van der Waals surface area contributed by atoms with E-state index in [0.717, 1.165) is 59.1 Å². The van der Waals surface area contributed by atoms with Crippen LogP contribution in [0.25, 0.3) is 5.69 Å². The van der Waals surface area contributed by atoms with E-state index in [1.165, 1.54) is 5.56 Å². The van der Waals surface area contributed by atoms with Gasteiger partial charge >= 0.3 is 0 Å². The van der Waals surface area contributed by atoms with Crippen molar-refractivity contribution in [1.29, 1.82) is 0 Å². The molecule has 7 heteroatoms. The average Bonchev–Trinajstić information content (AvgIpc) is 3.26. The van der Waals surface area contributed by atoms with Crippen molar-refractivity contribution in [1.82, 2.24) is 19.6 Å². The number of ether oxygens (including phenoxy) is 2. The summed E-state index contributed by atoms with van der Waals surface area (Å²) in [5, 5.41) is 4.80. The first-order valence-corrected chi connectivity index (χ1v) is 13.8. The molecule has 3 aromatic carbocycles. The van der Waals surface area contributed by atoms with Crippen molar-refractivity contribution >= 4 is 5.91 Å². The van der Waals surface area contributed by atoms with E-state index in [0.29, 0.717) is 31.0 Å². The summed E-state index contributed by atoms with van der Waals surface area (Å²) in [6.07, 6.45) is 0. The van der Waals surface area contributed by atoms with Crippen LogP contribution in [0.1, 0.15) is 44.0 Å². The van der Waals surface area contributed by atoms with Gasteiger partial charge in [-0.1, -0.05) is 30.3 Å². The fourth-order valence-electron chi connectivity index (χ4n) is 5.28. The SMILES string of the molecule is COc1ccc(C(=O)N2CCN(Cc3c(C)nn(-c4ccccc4)c3C)CC2)cc1COc1cc(C)ccc1C. The third-order valence-electron chi connectivity index (χ3n) is 7.74. The maximum absolute atomic E-state index is 13.5. The Morgan fingerprint density at radius 3 is 2.35 bits per heavy atom. The Morgan fingerprint density at radius 1 is 0.875 bits per heavy atom. The molecule has 7 nitrogen and oxygen atoms in total. The molecule has 0 aliphatic carbocycles. The second kappa shape index (κ2) is 12.0. The van der Waals surface area contributed by atoms with Crippen molar-refractivity contribution in [3.05, 3.63) is 106 Å². The Bertz CT molecular complexity index is 1490. The topological polar surface area (TPSA) is 59.8 Å². The highest BCUT2D eigenvalue weighted by atomic mass is 16.5. The van der Waals surface area contributed by atoms with E-state index in [1.54, 1.807) is 7.11 Å². The normalized spacial score (nSPS) is 13.9. The molecule has 2 heterocycles. The molecule has 5 rings (SSSR count). The van der Waals surface area contributed by atoms with Crippen molar-refractivity contribution in [3.63, 3.8) is 0 Å². The van der Waals surface area contributed by atoms with Gasteiger partial charge in [0.2, 0.25) is 0 Å². The summed E-state index contributed by atoms with van der Waals surface area (Å²) in [6.45, 7) is 12.5. The number of aryl methyl sites for hydroxylation is 3. The van der Waals surface area contributed by atoms with Gasteiger partial charge in [-0.05, 0) is 75.2 Å². The molecule has 4 aromatic rings. The summed E-state index contributed by atoms with van der Waals surface area (Å²) in [5.74, 6) is 1.60. The van der Waals surface area contributed by atoms with E-state index in [9.17, 15) is 4.79 Å². The highest BCUT2D eigenvalue weighted by molar-refractivity contribution is 5.94. The van der Waals surface area contributed by atoms with Crippen LogP contribution in [0.3, 0.4) is 0 Å². The third kappa shape index (κ3) is 5.89. The van der Waals surface area contributed by atoms with E-state index in [1.807, 2.05) is 65.9 Å². The van der Waals surface area contributed by atoms with Crippen molar-refractivity contribution in [3.8, 4) is 17.2 Å². The van der Waals surface area contributed by atoms with Crippen LogP contribution in [0.2, 0.25) is 0 Å². The van der Waals surface area contributed by atoms with E-state index < -0.39 is 0 Å². The summed E-state index contributed by atoms with van der Waals surface area (Å²) in [5.41, 5.74) is 8.28. The Kier molecular flexibility index (Phi) is 8.21. The van der Waals surface area contributed by atoms with E-state index >= 15 is 0 Å². The molecule has 0 unspecified atom stereocenters. The number of methoxy groups -OCH3 is 1. The lowest BCUT2D eigenvalue weighted by atomic mass is 10.1. The molecule has 0 radical (unpaired) electrons. The van der Waals surface area contributed by atoms with Crippen LogP contribution in [-0.2, 0) is 13.2 Å². The predicted octanol–water partition coefficient (Wildman–Crippen LogP) is 5.65. The van der Waals surface area contributed by atoms with Crippen LogP contribution >= 0.6 is 0 Å². The lowest BCUT2D eigenvalue weighted by molar-refractivity contribution is 0.0627. The summed E-state index contributed by atoms with van der Waals surface area (Å²) in [7, 11) is 1.64. The van der Waals surface area contributed by atoms with Crippen molar-refractivity contribution < 1.29 is 14.3 Å². The smallest absolute Gasteiger partial charge is 0.253 e. The Labute approximate surface area is 236 Å². The van der Waals surface area contributed by atoms with Gasteiger partial charge in [0.1, 0.15) is 18.1 Å². The molecule has 1 aliphatic rings. The van der Waals surface area contributed by atoms with E-state index in [-0.39, 0.29) is 5.91 Å². The molecule has 208 valence electrons. The van der Waals surface area contributed by atoms with Gasteiger partial charge in [0.15, 0.2) is 0 Å². The van der Waals surface area contributed by atoms with Gasteiger partial charge in [-0.2, -0.15) is 5.10 Å². The lowest BCUT2D eigenvalue weighted by Gasteiger charge is -2.35. The summed E-state index contributed by atoms with van der Waals surface area (Å²) in [4.78, 5) is 17.8. The molecule has 0 spiro atoms. The van der Waals surface area contributed by atoms with Crippen LogP contribution in [-0.4, -0.2) is 58.8 Å². The van der Waals surface area contributed by atoms with Gasteiger partial charge in [0.05, 0.1) is 18.5 Å². The Hall–Kier alpha value is -4.10.